The molecule has 138 valence electrons. The maximum atomic E-state index is 13.7. The molecule has 1 unspecified atom stereocenters. The first-order valence-electron chi connectivity index (χ1n) is 8.65. The van der Waals surface area contributed by atoms with Gasteiger partial charge in [0.2, 0.25) is 5.91 Å². The van der Waals surface area contributed by atoms with Crippen LogP contribution in [0.25, 0.3) is 0 Å². The van der Waals surface area contributed by atoms with Gasteiger partial charge < -0.3 is 9.88 Å². The summed E-state index contributed by atoms with van der Waals surface area (Å²) >= 11 is 0. The van der Waals surface area contributed by atoms with E-state index in [9.17, 15) is 14.0 Å². The maximum Gasteiger partial charge on any atom is 0.221 e. The van der Waals surface area contributed by atoms with E-state index in [-0.39, 0.29) is 30.3 Å². The molecule has 5 nitrogen and oxygen atoms in total. The van der Waals surface area contributed by atoms with Crippen LogP contribution in [0.5, 0.6) is 0 Å². The van der Waals surface area contributed by atoms with Crippen LogP contribution in [0.3, 0.4) is 0 Å². The summed E-state index contributed by atoms with van der Waals surface area (Å²) in [6.07, 6.45) is 3.52. The van der Waals surface area contributed by atoms with E-state index in [4.69, 9.17) is 0 Å². The van der Waals surface area contributed by atoms with Crippen LogP contribution in [0.2, 0.25) is 0 Å². The lowest BCUT2D eigenvalue weighted by molar-refractivity contribution is -0.121. The summed E-state index contributed by atoms with van der Waals surface area (Å²) in [7, 11) is 1.81. The molecule has 0 spiro atoms. The minimum absolute atomic E-state index is 0.0456. The molecule has 0 fully saturated rings. The second-order valence-corrected chi connectivity index (χ2v) is 6.24. The smallest absolute Gasteiger partial charge is 0.221 e. The van der Waals surface area contributed by atoms with Gasteiger partial charge in [-0.2, -0.15) is 0 Å². The summed E-state index contributed by atoms with van der Waals surface area (Å²) in [5, 5.41) is 2.87. The van der Waals surface area contributed by atoms with Crippen molar-refractivity contribution >= 4 is 11.7 Å². The highest BCUT2D eigenvalue weighted by Gasteiger charge is 2.21. The topological polar surface area (TPSA) is 64.0 Å². The monoisotopic (exact) mass is 365 g/mol. The van der Waals surface area contributed by atoms with Crippen LogP contribution < -0.4 is 5.32 Å². The van der Waals surface area contributed by atoms with Crippen LogP contribution in [-0.2, 0) is 11.8 Å². The molecule has 6 heteroatoms. The van der Waals surface area contributed by atoms with Crippen molar-refractivity contribution in [1.29, 1.82) is 0 Å². The zero-order valence-electron chi connectivity index (χ0n) is 14.9. The molecule has 1 amide bonds. The fourth-order valence-electron chi connectivity index (χ4n) is 2.87. The highest BCUT2D eigenvalue weighted by molar-refractivity contribution is 5.97. The lowest BCUT2D eigenvalue weighted by Gasteiger charge is -2.19. The maximum absolute atomic E-state index is 13.7. The SMILES string of the molecule is Cn1ccnc1C(NC(=O)CCC(=O)c1ccccc1)c1cccc(F)c1. The molecule has 0 radical (unpaired) electrons. The Morgan fingerprint density at radius 1 is 1.11 bits per heavy atom. The van der Waals surface area contributed by atoms with E-state index >= 15 is 0 Å². The van der Waals surface area contributed by atoms with Gasteiger partial charge in [-0.3, -0.25) is 9.59 Å². The van der Waals surface area contributed by atoms with E-state index in [1.807, 2.05) is 6.07 Å². The number of ketones is 1. The summed E-state index contributed by atoms with van der Waals surface area (Å²) in [5.41, 5.74) is 1.17. The summed E-state index contributed by atoms with van der Waals surface area (Å²) in [5.74, 6) is -0.190. The molecule has 0 aliphatic heterocycles. The summed E-state index contributed by atoms with van der Waals surface area (Å²) < 4.78 is 15.4. The van der Waals surface area contributed by atoms with E-state index in [0.29, 0.717) is 17.0 Å². The first-order valence-corrected chi connectivity index (χ1v) is 8.65. The molecule has 27 heavy (non-hydrogen) atoms. The Labute approximate surface area is 156 Å². The number of imidazole rings is 1. The van der Waals surface area contributed by atoms with Crippen molar-refractivity contribution in [3.8, 4) is 0 Å². The molecule has 1 heterocycles. The van der Waals surface area contributed by atoms with Crippen molar-refractivity contribution in [3.05, 3.63) is 89.8 Å². The Hall–Kier alpha value is -3.28. The number of Topliss-reactive ketones (excluding diaryl/α,β-unsaturated/α-hetero) is 1. The van der Waals surface area contributed by atoms with E-state index in [1.54, 1.807) is 60.4 Å². The minimum Gasteiger partial charge on any atom is -0.342 e. The molecule has 0 bridgehead atoms. The van der Waals surface area contributed by atoms with Gasteiger partial charge in [-0.1, -0.05) is 42.5 Å². The van der Waals surface area contributed by atoms with Gasteiger partial charge in [0, 0.05) is 37.8 Å². The van der Waals surface area contributed by atoms with E-state index in [1.165, 1.54) is 12.1 Å². The number of hydrogen-bond acceptors (Lipinski definition) is 3. The zero-order chi connectivity index (χ0) is 19.2. The van der Waals surface area contributed by atoms with Gasteiger partial charge >= 0.3 is 0 Å². The van der Waals surface area contributed by atoms with Crippen LogP contribution in [0.1, 0.15) is 40.6 Å². The number of aromatic nitrogens is 2. The summed E-state index contributed by atoms with van der Waals surface area (Å²) in [6.45, 7) is 0. The summed E-state index contributed by atoms with van der Waals surface area (Å²) in [6, 6.07) is 14.3. The molecule has 0 aliphatic carbocycles. The van der Waals surface area contributed by atoms with E-state index in [2.05, 4.69) is 10.3 Å². The molecule has 3 aromatic rings. The fourth-order valence-corrected chi connectivity index (χ4v) is 2.87. The molecular weight excluding hydrogens is 345 g/mol. The van der Waals surface area contributed by atoms with Crippen molar-refractivity contribution < 1.29 is 14.0 Å². The van der Waals surface area contributed by atoms with Gasteiger partial charge in [-0.15, -0.1) is 0 Å². The van der Waals surface area contributed by atoms with Gasteiger partial charge in [-0.25, -0.2) is 9.37 Å². The lowest BCUT2D eigenvalue weighted by Crippen LogP contribution is -2.31. The van der Waals surface area contributed by atoms with Gasteiger partial charge in [0.1, 0.15) is 17.7 Å². The van der Waals surface area contributed by atoms with Crippen molar-refractivity contribution in [2.45, 2.75) is 18.9 Å². The normalized spacial score (nSPS) is 11.8. The molecule has 1 aromatic heterocycles. The molecule has 2 aromatic carbocycles. The fraction of sp³-hybridized carbons (Fsp3) is 0.190. The molecule has 1 atom stereocenters. The number of halogens is 1. The molecule has 1 N–H and O–H groups in total. The van der Waals surface area contributed by atoms with Crippen LogP contribution in [-0.4, -0.2) is 21.2 Å². The Balaban J connectivity index is 1.71. The van der Waals surface area contributed by atoms with E-state index < -0.39 is 6.04 Å². The van der Waals surface area contributed by atoms with Gasteiger partial charge in [-0.05, 0) is 17.7 Å². The number of carbonyl (C=O) groups is 2. The van der Waals surface area contributed by atoms with E-state index in [0.717, 1.165) is 0 Å². The van der Waals surface area contributed by atoms with Crippen molar-refractivity contribution in [3.63, 3.8) is 0 Å². The predicted molar refractivity (Wildman–Crippen MR) is 99.6 cm³/mol. The third kappa shape index (κ3) is 4.67. The molecule has 0 saturated heterocycles. The largest absolute Gasteiger partial charge is 0.342 e. The van der Waals surface area contributed by atoms with Gasteiger partial charge in [0.15, 0.2) is 5.78 Å². The number of rotatable bonds is 7. The van der Waals surface area contributed by atoms with Crippen molar-refractivity contribution in [2.75, 3.05) is 0 Å². The van der Waals surface area contributed by atoms with Crippen molar-refractivity contribution in [2.24, 2.45) is 7.05 Å². The summed E-state index contributed by atoms with van der Waals surface area (Å²) in [4.78, 5) is 28.9. The highest BCUT2D eigenvalue weighted by atomic mass is 19.1. The average Bonchev–Trinajstić information content (AvgIpc) is 3.10. The van der Waals surface area contributed by atoms with Crippen LogP contribution >= 0.6 is 0 Å². The molecular formula is C21H20FN3O2. The lowest BCUT2D eigenvalue weighted by atomic mass is 10.0. The van der Waals surface area contributed by atoms with Crippen LogP contribution in [0.15, 0.2) is 67.0 Å². The third-order valence-electron chi connectivity index (χ3n) is 4.28. The minimum atomic E-state index is -0.597. The van der Waals surface area contributed by atoms with Gasteiger partial charge in [0.05, 0.1) is 0 Å². The highest BCUT2D eigenvalue weighted by Crippen LogP contribution is 2.21. The Morgan fingerprint density at radius 3 is 2.56 bits per heavy atom. The number of aryl methyl sites for hydroxylation is 1. The average molecular weight is 365 g/mol. The zero-order valence-corrected chi connectivity index (χ0v) is 14.9. The number of benzene rings is 2. The number of hydrogen-bond donors (Lipinski definition) is 1. The van der Waals surface area contributed by atoms with Crippen LogP contribution in [0, 0.1) is 5.82 Å². The molecule has 3 rings (SSSR count). The molecule has 0 saturated carbocycles. The predicted octanol–water partition coefficient (Wildman–Crippen LogP) is 3.43. The first kappa shape index (κ1) is 18.5. The Morgan fingerprint density at radius 2 is 1.89 bits per heavy atom. The quantitative estimate of drug-likeness (QED) is 0.653. The van der Waals surface area contributed by atoms with Crippen LogP contribution in [0.4, 0.5) is 4.39 Å². The van der Waals surface area contributed by atoms with Gasteiger partial charge in [0.25, 0.3) is 0 Å². The first-order chi connectivity index (χ1) is 13.0. The second kappa shape index (κ2) is 8.40. The second-order valence-electron chi connectivity index (χ2n) is 6.24. The van der Waals surface area contributed by atoms with Crippen molar-refractivity contribution in [1.82, 2.24) is 14.9 Å². The number of carbonyl (C=O) groups excluding carboxylic acids is 2. The molecule has 0 aliphatic rings. The standard InChI is InChI=1S/C21H20FN3O2/c1-25-13-12-23-21(25)20(16-8-5-9-17(22)14-16)24-19(27)11-10-18(26)15-6-3-2-4-7-15/h2-9,12-14,20H,10-11H2,1H3,(H,24,27). The number of nitrogens with zero attached hydrogens (tertiary/aromatic N) is 2. The Kier molecular flexibility index (Phi) is 5.76. The third-order valence-corrected chi connectivity index (χ3v) is 4.28. The Bertz CT molecular complexity index is 937. The number of nitrogens with one attached hydrogen (secondary N) is 1. The number of amides is 1.